The summed E-state index contributed by atoms with van der Waals surface area (Å²) in [4.78, 5) is 0. The Kier molecular flexibility index (Phi) is 3.64. The summed E-state index contributed by atoms with van der Waals surface area (Å²) < 4.78 is 20.2. The molecule has 2 rings (SSSR count). The number of furan rings is 1. The minimum atomic E-state index is -0.277. The minimum Gasteiger partial charge on any atom is -0.452 e. The highest BCUT2D eigenvalue weighted by molar-refractivity contribution is 9.10. The van der Waals surface area contributed by atoms with Crippen molar-refractivity contribution in [3.63, 3.8) is 0 Å². The molecule has 1 heterocycles. The van der Waals surface area contributed by atoms with E-state index in [2.05, 4.69) is 21.2 Å². The molecule has 0 aliphatic carbocycles. The van der Waals surface area contributed by atoms with Gasteiger partial charge in [-0.15, -0.1) is 0 Å². The lowest BCUT2D eigenvalue weighted by Crippen LogP contribution is -2.18. The molecule has 1 N–H and O–H groups in total. The van der Waals surface area contributed by atoms with E-state index in [9.17, 15) is 4.39 Å². The molecule has 90 valence electrons. The Hall–Kier alpha value is -1.13. The third-order valence-corrected chi connectivity index (χ3v) is 3.13. The molecule has 0 saturated heterocycles. The number of nitrogens with one attached hydrogen (secondary N) is 1. The molecule has 0 spiro atoms. The van der Waals surface area contributed by atoms with Crippen LogP contribution < -0.4 is 5.32 Å². The van der Waals surface area contributed by atoms with Gasteiger partial charge in [0.1, 0.15) is 11.6 Å². The summed E-state index contributed by atoms with van der Waals surface area (Å²) in [6.45, 7) is 1.75. The second-order valence-corrected chi connectivity index (χ2v) is 4.62. The molecule has 0 bridgehead atoms. The normalized spacial score (nSPS) is 12.7. The summed E-state index contributed by atoms with van der Waals surface area (Å²) in [6.07, 6.45) is 0. The van der Waals surface area contributed by atoms with Crippen molar-refractivity contribution in [1.82, 2.24) is 5.32 Å². The van der Waals surface area contributed by atoms with Crippen LogP contribution in [0, 0.1) is 12.7 Å². The summed E-state index contributed by atoms with van der Waals surface area (Å²) in [6, 6.07) is 8.71. The van der Waals surface area contributed by atoms with Crippen molar-refractivity contribution in [3.05, 3.63) is 57.7 Å². The zero-order valence-corrected chi connectivity index (χ0v) is 11.2. The van der Waals surface area contributed by atoms with Gasteiger partial charge in [-0.1, -0.05) is 18.2 Å². The van der Waals surface area contributed by atoms with Crippen molar-refractivity contribution >= 4 is 15.9 Å². The molecular formula is C13H13BrFNO. The first-order chi connectivity index (χ1) is 8.13. The van der Waals surface area contributed by atoms with Gasteiger partial charge in [0.15, 0.2) is 4.67 Å². The Bertz CT molecular complexity index is 524. The summed E-state index contributed by atoms with van der Waals surface area (Å²) in [5, 5.41) is 3.06. The van der Waals surface area contributed by atoms with Crippen molar-refractivity contribution in [3.8, 4) is 0 Å². The molecule has 2 aromatic rings. The van der Waals surface area contributed by atoms with Gasteiger partial charge < -0.3 is 9.73 Å². The summed E-state index contributed by atoms with van der Waals surface area (Å²) in [5.74, 6) is 0.489. The number of rotatable bonds is 3. The van der Waals surface area contributed by atoms with E-state index in [1.54, 1.807) is 32.2 Å². The van der Waals surface area contributed by atoms with Gasteiger partial charge in [-0.25, -0.2) is 4.39 Å². The first kappa shape index (κ1) is 12.3. The highest BCUT2D eigenvalue weighted by Gasteiger charge is 2.20. The van der Waals surface area contributed by atoms with E-state index >= 15 is 0 Å². The largest absolute Gasteiger partial charge is 0.452 e. The smallest absolute Gasteiger partial charge is 0.169 e. The molecule has 0 radical (unpaired) electrons. The fraction of sp³-hybridized carbons (Fsp3) is 0.231. The highest BCUT2D eigenvalue weighted by Crippen LogP contribution is 2.28. The lowest BCUT2D eigenvalue weighted by Gasteiger charge is -2.15. The van der Waals surface area contributed by atoms with Gasteiger partial charge in [0.05, 0.1) is 6.04 Å². The van der Waals surface area contributed by atoms with Crippen molar-refractivity contribution in [1.29, 1.82) is 0 Å². The van der Waals surface area contributed by atoms with Crippen LogP contribution in [0.25, 0.3) is 0 Å². The molecule has 0 aliphatic rings. The second-order valence-electron chi connectivity index (χ2n) is 3.84. The van der Waals surface area contributed by atoms with Crippen molar-refractivity contribution < 1.29 is 8.81 Å². The van der Waals surface area contributed by atoms with Crippen LogP contribution in [0.4, 0.5) is 4.39 Å². The molecule has 0 aliphatic heterocycles. The van der Waals surface area contributed by atoms with Gasteiger partial charge in [0.25, 0.3) is 0 Å². The quantitative estimate of drug-likeness (QED) is 0.932. The third kappa shape index (κ3) is 2.42. The lowest BCUT2D eigenvalue weighted by atomic mass is 10.0. The molecular weight excluding hydrogens is 285 g/mol. The lowest BCUT2D eigenvalue weighted by molar-refractivity contribution is 0.438. The van der Waals surface area contributed by atoms with E-state index in [0.717, 1.165) is 0 Å². The van der Waals surface area contributed by atoms with Crippen LogP contribution in [-0.2, 0) is 0 Å². The predicted molar refractivity (Wildman–Crippen MR) is 68.4 cm³/mol. The molecule has 1 aromatic heterocycles. The standard InChI is InChI=1S/C13H13BrFNO/c1-8-4-3-5-9(12(8)15)13(16-2)10-6-7-11(14)17-10/h3-7,13,16H,1-2H3. The number of benzene rings is 1. The fourth-order valence-electron chi connectivity index (χ4n) is 1.83. The summed E-state index contributed by atoms with van der Waals surface area (Å²) in [7, 11) is 1.78. The van der Waals surface area contributed by atoms with Crippen LogP contribution in [0.5, 0.6) is 0 Å². The number of hydrogen-bond donors (Lipinski definition) is 1. The van der Waals surface area contributed by atoms with Gasteiger partial charge in [-0.3, -0.25) is 0 Å². The van der Waals surface area contributed by atoms with E-state index in [0.29, 0.717) is 21.6 Å². The molecule has 1 unspecified atom stereocenters. The Morgan fingerprint density at radius 1 is 1.29 bits per heavy atom. The number of halogens is 2. The predicted octanol–water partition coefficient (Wildman–Crippen LogP) is 3.80. The van der Waals surface area contributed by atoms with Crippen LogP contribution in [0.2, 0.25) is 0 Å². The number of hydrogen-bond acceptors (Lipinski definition) is 2. The van der Waals surface area contributed by atoms with Crippen molar-refractivity contribution in [2.24, 2.45) is 0 Å². The Labute approximate surface area is 108 Å². The summed E-state index contributed by atoms with van der Waals surface area (Å²) >= 11 is 3.25. The zero-order valence-electron chi connectivity index (χ0n) is 9.63. The molecule has 0 amide bonds. The second kappa shape index (κ2) is 5.02. The SMILES string of the molecule is CNC(c1ccc(Br)o1)c1cccc(C)c1F. The molecule has 4 heteroatoms. The minimum absolute atomic E-state index is 0.195. The fourth-order valence-corrected chi connectivity index (χ4v) is 2.15. The van der Waals surface area contributed by atoms with Crippen LogP contribution in [-0.4, -0.2) is 7.05 Å². The topological polar surface area (TPSA) is 25.2 Å². The van der Waals surface area contributed by atoms with Crippen LogP contribution in [0.3, 0.4) is 0 Å². The Morgan fingerprint density at radius 2 is 2.06 bits per heavy atom. The molecule has 1 aromatic carbocycles. The zero-order chi connectivity index (χ0) is 12.4. The van der Waals surface area contributed by atoms with Crippen molar-refractivity contribution in [2.45, 2.75) is 13.0 Å². The first-order valence-electron chi connectivity index (χ1n) is 5.31. The number of aryl methyl sites for hydroxylation is 1. The van der Waals surface area contributed by atoms with E-state index in [1.807, 2.05) is 12.1 Å². The van der Waals surface area contributed by atoms with Crippen LogP contribution in [0.15, 0.2) is 39.4 Å². The molecule has 1 atom stereocenters. The maximum Gasteiger partial charge on any atom is 0.169 e. The molecule has 17 heavy (non-hydrogen) atoms. The maximum atomic E-state index is 14.0. The average molecular weight is 298 g/mol. The Morgan fingerprint density at radius 3 is 2.65 bits per heavy atom. The highest BCUT2D eigenvalue weighted by atomic mass is 79.9. The maximum absolute atomic E-state index is 14.0. The van der Waals surface area contributed by atoms with Gasteiger partial charge in [-0.05, 0) is 47.6 Å². The van der Waals surface area contributed by atoms with E-state index in [1.165, 1.54) is 0 Å². The van der Waals surface area contributed by atoms with Gasteiger partial charge in [-0.2, -0.15) is 0 Å². The van der Waals surface area contributed by atoms with Crippen LogP contribution >= 0.6 is 15.9 Å². The van der Waals surface area contributed by atoms with Gasteiger partial charge >= 0.3 is 0 Å². The molecule has 0 fully saturated rings. The van der Waals surface area contributed by atoms with Crippen LogP contribution in [0.1, 0.15) is 22.9 Å². The average Bonchev–Trinajstić information content (AvgIpc) is 2.72. The first-order valence-corrected chi connectivity index (χ1v) is 6.10. The molecule has 2 nitrogen and oxygen atoms in total. The van der Waals surface area contributed by atoms with Gasteiger partial charge in [0.2, 0.25) is 0 Å². The Balaban J connectivity index is 2.45. The monoisotopic (exact) mass is 297 g/mol. The molecule has 0 saturated carbocycles. The summed E-state index contributed by atoms with van der Waals surface area (Å²) in [5.41, 5.74) is 1.22. The van der Waals surface area contributed by atoms with Gasteiger partial charge in [0, 0.05) is 5.56 Å². The van der Waals surface area contributed by atoms with E-state index in [-0.39, 0.29) is 11.9 Å². The van der Waals surface area contributed by atoms with E-state index < -0.39 is 0 Å². The third-order valence-electron chi connectivity index (χ3n) is 2.70. The van der Waals surface area contributed by atoms with Crippen molar-refractivity contribution in [2.75, 3.05) is 7.05 Å². The van der Waals surface area contributed by atoms with E-state index in [4.69, 9.17) is 4.42 Å².